The van der Waals surface area contributed by atoms with E-state index in [0.29, 0.717) is 17.9 Å². The molecule has 1 amide bonds. The lowest BCUT2D eigenvalue weighted by atomic mass is 10.0. The molecule has 0 radical (unpaired) electrons. The number of aryl methyl sites for hydroxylation is 2. The van der Waals surface area contributed by atoms with Gasteiger partial charge >= 0.3 is 0 Å². The number of carbonyl (C=O) groups is 1. The van der Waals surface area contributed by atoms with Crippen LogP contribution in [-0.4, -0.2) is 23.0 Å². The SMILES string of the molecule is COc1cccc(C(=O)NCc2nc3c([nH]2)CCCC3)c1. The van der Waals surface area contributed by atoms with E-state index < -0.39 is 0 Å². The molecule has 2 aromatic rings. The van der Waals surface area contributed by atoms with Crippen molar-refractivity contribution in [2.45, 2.75) is 32.2 Å². The molecule has 0 saturated carbocycles. The van der Waals surface area contributed by atoms with Gasteiger partial charge < -0.3 is 15.0 Å². The molecule has 110 valence electrons. The number of aromatic amines is 1. The zero-order valence-corrected chi connectivity index (χ0v) is 12.1. The van der Waals surface area contributed by atoms with E-state index in [4.69, 9.17) is 4.74 Å². The first-order valence-corrected chi connectivity index (χ1v) is 7.25. The number of nitrogens with zero attached hydrogens (tertiary/aromatic N) is 1. The fraction of sp³-hybridized carbons (Fsp3) is 0.375. The lowest BCUT2D eigenvalue weighted by molar-refractivity contribution is 0.0949. The lowest BCUT2D eigenvalue weighted by Gasteiger charge is -2.07. The van der Waals surface area contributed by atoms with Crippen LogP contribution in [-0.2, 0) is 19.4 Å². The van der Waals surface area contributed by atoms with Crippen LogP contribution in [0.5, 0.6) is 5.75 Å². The number of methoxy groups -OCH3 is 1. The molecule has 2 N–H and O–H groups in total. The maximum absolute atomic E-state index is 12.1. The largest absolute Gasteiger partial charge is 0.497 e. The van der Waals surface area contributed by atoms with Crippen LogP contribution >= 0.6 is 0 Å². The summed E-state index contributed by atoms with van der Waals surface area (Å²) in [6, 6.07) is 7.12. The Bertz CT molecular complexity index is 625. The average molecular weight is 285 g/mol. The van der Waals surface area contributed by atoms with Crippen molar-refractivity contribution in [2.75, 3.05) is 7.11 Å². The molecule has 1 aromatic carbocycles. The number of H-pyrrole nitrogens is 1. The molecular formula is C16H19N3O2. The number of aromatic nitrogens is 2. The zero-order valence-electron chi connectivity index (χ0n) is 12.1. The van der Waals surface area contributed by atoms with Crippen LogP contribution in [0.2, 0.25) is 0 Å². The van der Waals surface area contributed by atoms with Crippen LogP contribution in [0, 0.1) is 0 Å². The first-order chi connectivity index (χ1) is 10.3. The first-order valence-electron chi connectivity index (χ1n) is 7.25. The molecule has 0 spiro atoms. The number of hydrogen-bond acceptors (Lipinski definition) is 3. The van der Waals surface area contributed by atoms with Crippen molar-refractivity contribution in [3.63, 3.8) is 0 Å². The van der Waals surface area contributed by atoms with Gasteiger partial charge in [0.15, 0.2) is 0 Å². The second kappa shape index (κ2) is 5.99. The molecule has 1 aliphatic rings. The fourth-order valence-electron chi connectivity index (χ4n) is 2.63. The molecule has 1 aliphatic carbocycles. The van der Waals surface area contributed by atoms with E-state index in [-0.39, 0.29) is 5.91 Å². The van der Waals surface area contributed by atoms with Gasteiger partial charge in [-0.05, 0) is 43.9 Å². The summed E-state index contributed by atoms with van der Waals surface area (Å²) < 4.78 is 5.12. The number of rotatable bonds is 4. The Hall–Kier alpha value is -2.30. The number of benzene rings is 1. The quantitative estimate of drug-likeness (QED) is 0.905. The molecule has 5 nitrogen and oxygen atoms in total. The molecule has 1 heterocycles. The second-order valence-electron chi connectivity index (χ2n) is 5.23. The number of ether oxygens (including phenoxy) is 1. The van der Waals surface area contributed by atoms with E-state index in [1.165, 1.54) is 18.5 Å². The Morgan fingerprint density at radius 2 is 2.24 bits per heavy atom. The predicted octanol–water partition coefficient (Wildman–Crippen LogP) is 2.23. The van der Waals surface area contributed by atoms with Crippen LogP contribution in [0.25, 0.3) is 0 Å². The number of imidazole rings is 1. The highest BCUT2D eigenvalue weighted by molar-refractivity contribution is 5.94. The fourth-order valence-corrected chi connectivity index (χ4v) is 2.63. The normalized spacial score (nSPS) is 13.6. The number of nitrogens with one attached hydrogen (secondary N) is 2. The van der Waals surface area contributed by atoms with Crippen molar-refractivity contribution in [2.24, 2.45) is 0 Å². The van der Waals surface area contributed by atoms with Crippen LogP contribution in [0.4, 0.5) is 0 Å². The van der Waals surface area contributed by atoms with Gasteiger partial charge in [-0.3, -0.25) is 4.79 Å². The third-order valence-electron chi connectivity index (χ3n) is 3.75. The van der Waals surface area contributed by atoms with Gasteiger partial charge in [-0.15, -0.1) is 0 Å². The number of fused-ring (bicyclic) bond motifs is 1. The summed E-state index contributed by atoms with van der Waals surface area (Å²) in [5.74, 6) is 1.39. The number of hydrogen-bond donors (Lipinski definition) is 2. The van der Waals surface area contributed by atoms with Crippen molar-refractivity contribution in [3.05, 3.63) is 47.0 Å². The first kappa shape index (κ1) is 13.7. The van der Waals surface area contributed by atoms with E-state index >= 15 is 0 Å². The third kappa shape index (κ3) is 3.07. The van der Waals surface area contributed by atoms with Gasteiger partial charge in [0.2, 0.25) is 0 Å². The third-order valence-corrected chi connectivity index (χ3v) is 3.75. The minimum atomic E-state index is -0.122. The van der Waals surface area contributed by atoms with E-state index in [9.17, 15) is 4.79 Å². The van der Waals surface area contributed by atoms with Crippen LogP contribution < -0.4 is 10.1 Å². The Kier molecular flexibility index (Phi) is 3.90. The summed E-state index contributed by atoms with van der Waals surface area (Å²) in [4.78, 5) is 20.0. The van der Waals surface area contributed by atoms with Crippen LogP contribution in [0.15, 0.2) is 24.3 Å². The summed E-state index contributed by atoms with van der Waals surface area (Å²) in [5, 5.41) is 2.89. The smallest absolute Gasteiger partial charge is 0.251 e. The molecule has 0 aliphatic heterocycles. The Morgan fingerprint density at radius 1 is 1.38 bits per heavy atom. The van der Waals surface area contributed by atoms with E-state index in [1.54, 1.807) is 25.3 Å². The standard InChI is InChI=1S/C16H19N3O2/c1-21-12-6-4-5-11(9-12)16(20)17-10-15-18-13-7-2-3-8-14(13)19-15/h4-6,9H,2-3,7-8,10H2,1H3,(H,17,20)(H,18,19). The van der Waals surface area contributed by atoms with E-state index in [0.717, 1.165) is 24.4 Å². The lowest BCUT2D eigenvalue weighted by Crippen LogP contribution is -2.23. The minimum absolute atomic E-state index is 0.122. The molecule has 0 saturated heterocycles. The predicted molar refractivity (Wildman–Crippen MR) is 79.4 cm³/mol. The van der Waals surface area contributed by atoms with Gasteiger partial charge in [-0.1, -0.05) is 6.07 Å². The molecule has 0 unspecified atom stereocenters. The van der Waals surface area contributed by atoms with Gasteiger partial charge in [-0.25, -0.2) is 4.98 Å². The second-order valence-corrected chi connectivity index (χ2v) is 5.23. The molecular weight excluding hydrogens is 266 g/mol. The summed E-state index contributed by atoms with van der Waals surface area (Å²) in [5.41, 5.74) is 2.98. The van der Waals surface area contributed by atoms with Crippen molar-refractivity contribution in [1.29, 1.82) is 0 Å². The monoisotopic (exact) mass is 285 g/mol. The highest BCUT2D eigenvalue weighted by Crippen LogP contribution is 2.18. The maximum Gasteiger partial charge on any atom is 0.251 e. The van der Waals surface area contributed by atoms with Crippen molar-refractivity contribution in [3.8, 4) is 5.75 Å². The highest BCUT2D eigenvalue weighted by Gasteiger charge is 2.14. The van der Waals surface area contributed by atoms with Gasteiger partial charge in [-0.2, -0.15) is 0 Å². The Morgan fingerprint density at radius 3 is 3.05 bits per heavy atom. The summed E-state index contributed by atoms with van der Waals surface area (Å²) in [6.45, 7) is 0.420. The van der Waals surface area contributed by atoms with Crippen LogP contribution in [0.1, 0.15) is 40.4 Å². The van der Waals surface area contributed by atoms with Gasteiger partial charge in [0.25, 0.3) is 5.91 Å². The van der Waals surface area contributed by atoms with Crippen LogP contribution in [0.3, 0.4) is 0 Å². The Labute approximate surface area is 123 Å². The molecule has 5 heteroatoms. The highest BCUT2D eigenvalue weighted by atomic mass is 16.5. The topological polar surface area (TPSA) is 67.0 Å². The number of amides is 1. The van der Waals surface area contributed by atoms with Gasteiger partial charge in [0.1, 0.15) is 11.6 Å². The summed E-state index contributed by atoms with van der Waals surface area (Å²) in [6.07, 6.45) is 4.51. The Balaban J connectivity index is 1.64. The van der Waals surface area contributed by atoms with Crippen molar-refractivity contribution >= 4 is 5.91 Å². The van der Waals surface area contributed by atoms with E-state index in [2.05, 4.69) is 15.3 Å². The van der Waals surface area contributed by atoms with E-state index in [1.807, 2.05) is 6.07 Å². The van der Waals surface area contributed by atoms with Gasteiger partial charge in [0.05, 0.1) is 19.3 Å². The molecule has 3 rings (SSSR count). The summed E-state index contributed by atoms with van der Waals surface area (Å²) in [7, 11) is 1.59. The summed E-state index contributed by atoms with van der Waals surface area (Å²) >= 11 is 0. The molecule has 21 heavy (non-hydrogen) atoms. The van der Waals surface area contributed by atoms with Gasteiger partial charge in [0, 0.05) is 11.3 Å². The van der Waals surface area contributed by atoms with Crippen molar-refractivity contribution < 1.29 is 9.53 Å². The molecule has 0 fully saturated rings. The minimum Gasteiger partial charge on any atom is -0.497 e. The number of carbonyl (C=O) groups excluding carboxylic acids is 1. The molecule has 1 aromatic heterocycles. The maximum atomic E-state index is 12.1. The average Bonchev–Trinajstić information content (AvgIpc) is 2.95. The molecule has 0 bridgehead atoms. The van der Waals surface area contributed by atoms with Crippen molar-refractivity contribution in [1.82, 2.24) is 15.3 Å². The zero-order chi connectivity index (χ0) is 14.7. The molecule has 0 atom stereocenters.